The molecule has 0 radical (unpaired) electrons. The normalized spacial score (nSPS) is 9.93. The maximum absolute atomic E-state index is 12.8. The third-order valence-electron chi connectivity index (χ3n) is 2.03. The van der Waals surface area contributed by atoms with Gasteiger partial charge < -0.3 is 4.90 Å². The fourth-order valence-electron chi connectivity index (χ4n) is 1.21. The molecule has 0 aliphatic rings. The standard InChI is InChI=1S/C11H14FNO/c1-3-5-11(14)13(2)10-7-4-6-9(12)8-10/h4,6-8H,3,5H2,1-2H3. The van der Waals surface area contributed by atoms with E-state index in [4.69, 9.17) is 0 Å². The summed E-state index contributed by atoms with van der Waals surface area (Å²) in [4.78, 5) is 12.9. The fourth-order valence-corrected chi connectivity index (χ4v) is 1.21. The van der Waals surface area contributed by atoms with Crippen LogP contribution in [-0.4, -0.2) is 13.0 Å². The van der Waals surface area contributed by atoms with Gasteiger partial charge in [-0.25, -0.2) is 4.39 Å². The van der Waals surface area contributed by atoms with Gasteiger partial charge in [-0.15, -0.1) is 0 Å². The van der Waals surface area contributed by atoms with Crippen LogP contribution in [0.3, 0.4) is 0 Å². The molecule has 0 N–H and O–H groups in total. The van der Waals surface area contributed by atoms with E-state index >= 15 is 0 Å². The van der Waals surface area contributed by atoms with Gasteiger partial charge in [-0.1, -0.05) is 13.0 Å². The van der Waals surface area contributed by atoms with E-state index in [1.165, 1.54) is 17.0 Å². The van der Waals surface area contributed by atoms with Crippen molar-refractivity contribution in [1.82, 2.24) is 0 Å². The molecule has 0 saturated carbocycles. The van der Waals surface area contributed by atoms with Crippen LogP contribution in [0, 0.1) is 5.82 Å². The molecule has 1 rings (SSSR count). The number of benzene rings is 1. The van der Waals surface area contributed by atoms with Crippen molar-refractivity contribution in [3.05, 3.63) is 30.1 Å². The highest BCUT2D eigenvalue weighted by Gasteiger charge is 2.09. The molecule has 0 aliphatic carbocycles. The number of rotatable bonds is 3. The lowest BCUT2D eigenvalue weighted by molar-refractivity contribution is -0.118. The Hall–Kier alpha value is -1.38. The average molecular weight is 195 g/mol. The molecule has 0 aliphatic heterocycles. The highest BCUT2D eigenvalue weighted by atomic mass is 19.1. The second-order valence-corrected chi connectivity index (χ2v) is 3.18. The van der Waals surface area contributed by atoms with Gasteiger partial charge in [-0.3, -0.25) is 4.79 Å². The molecule has 0 saturated heterocycles. The molecule has 14 heavy (non-hydrogen) atoms. The molecule has 0 aromatic heterocycles. The number of anilines is 1. The lowest BCUT2D eigenvalue weighted by atomic mass is 10.2. The molecule has 1 amide bonds. The van der Waals surface area contributed by atoms with Gasteiger partial charge in [-0.2, -0.15) is 0 Å². The van der Waals surface area contributed by atoms with Gasteiger partial charge in [0.2, 0.25) is 5.91 Å². The molecular formula is C11H14FNO. The average Bonchev–Trinajstić information content (AvgIpc) is 2.17. The Morgan fingerprint density at radius 1 is 1.50 bits per heavy atom. The van der Waals surface area contributed by atoms with Gasteiger partial charge in [0.15, 0.2) is 0 Å². The topological polar surface area (TPSA) is 20.3 Å². The molecule has 0 spiro atoms. The Morgan fingerprint density at radius 3 is 2.79 bits per heavy atom. The van der Waals surface area contributed by atoms with E-state index in [1.54, 1.807) is 19.2 Å². The van der Waals surface area contributed by atoms with Gasteiger partial charge in [0, 0.05) is 19.2 Å². The summed E-state index contributed by atoms with van der Waals surface area (Å²) >= 11 is 0. The maximum atomic E-state index is 12.8. The monoisotopic (exact) mass is 195 g/mol. The van der Waals surface area contributed by atoms with Crippen molar-refractivity contribution < 1.29 is 9.18 Å². The SMILES string of the molecule is CCCC(=O)N(C)c1cccc(F)c1. The highest BCUT2D eigenvalue weighted by Crippen LogP contribution is 2.14. The van der Waals surface area contributed by atoms with Gasteiger partial charge in [0.25, 0.3) is 0 Å². The Labute approximate surface area is 83.3 Å². The lowest BCUT2D eigenvalue weighted by Crippen LogP contribution is -2.25. The number of hydrogen-bond acceptors (Lipinski definition) is 1. The van der Waals surface area contributed by atoms with Gasteiger partial charge >= 0.3 is 0 Å². The van der Waals surface area contributed by atoms with E-state index in [0.717, 1.165) is 6.42 Å². The second kappa shape index (κ2) is 4.74. The van der Waals surface area contributed by atoms with E-state index in [0.29, 0.717) is 12.1 Å². The smallest absolute Gasteiger partial charge is 0.226 e. The van der Waals surface area contributed by atoms with Crippen molar-refractivity contribution in [3.8, 4) is 0 Å². The lowest BCUT2D eigenvalue weighted by Gasteiger charge is -2.16. The second-order valence-electron chi connectivity index (χ2n) is 3.18. The molecule has 0 bridgehead atoms. The number of amides is 1. The Kier molecular flexibility index (Phi) is 3.63. The summed E-state index contributed by atoms with van der Waals surface area (Å²) in [7, 11) is 1.66. The van der Waals surface area contributed by atoms with Crippen LogP contribution in [0.25, 0.3) is 0 Å². The van der Waals surface area contributed by atoms with Crippen LogP contribution in [0.1, 0.15) is 19.8 Å². The molecule has 0 atom stereocenters. The summed E-state index contributed by atoms with van der Waals surface area (Å²) in [5.74, 6) is -0.309. The summed E-state index contributed by atoms with van der Waals surface area (Å²) in [6.07, 6.45) is 1.30. The van der Waals surface area contributed by atoms with Crippen LogP contribution >= 0.6 is 0 Å². The third-order valence-corrected chi connectivity index (χ3v) is 2.03. The van der Waals surface area contributed by atoms with Crippen LogP contribution in [0.5, 0.6) is 0 Å². The van der Waals surface area contributed by atoms with Crippen molar-refractivity contribution in [1.29, 1.82) is 0 Å². The summed E-state index contributed by atoms with van der Waals surface area (Å²) in [6.45, 7) is 1.94. The molecular weight excluding hydrogens is 181 g/mol. The molecule has 0 unspecified atom stereocenters. The van der Waals surface area contributed by atoms with E-state index in [-0.39, 0.29) is 11.7 Å². The molecule has 0 heterocycles. The Morgan fingerprint density at radius 2 is 2.21 bits per heavy atom. The molecule has 1 aromatic carbocycles. The fraction of sp³-hybridized carbons (Fsp3) is 0.364. The largest absolute Gasteiger partial charge is 0.315 e. The molecule has 3 heteroatoms. The number of halogens is 1. The number of hydrogen-bond donors (Lipinski definition) is 0. The predicted octanol–water partition coefficient (Wildman–Crippen LogP) is 2.59. The number of nitrogens with zero attached hydrogens (tertiary/aromatic N) is 1. The summed E-state index contributed by atoms with van der Waals surface area (Å²) < 4.78 is 12.8. The summed E-state index contributed by atoms with van der Waals surface area (Å²) in [5.41, 5.74) is 0.600. The minimum absolute atomic E-state index is 0.0121. The first kappa shape index (κ1) is 10.7. The quantitative estimate of drug-likeness (QED) is 0.726. The van der Waals surface area contributed by atoms with E-state index < -0.39 is 0 Å². The number of carbonyl (C=O) groups is 1. The van der Waals surface area contributed by atoms with Crippen molar-refractivity contribution in [3.63, 3.8) is 0 Å². The molecule has 0 fully saturated rings. The van der Waals surface area contributed by atoms with Crippen LogP contribution in [-0.2, 0) is 4.79 Å². The molecule has 2 nitrogen and oxygen atoms in total. The summed E-state index contributed by atoms with van der Waals surface area (Å²) in [5, 5.41) is 0. The van der Waals surface area contributed by atoms with E-state index in [9.17, 15) is 9.18 Å². The van der Waals surface area contributed by atoms with E-state index in [1.807, 2.05) is 6.92 Å². The minimum Gasteiger partial charge on any atom is -0.315 e. The number of carbonyl (C=O) groups excluding carboxylic acids is 1. The predicted molar refractivity (Wildman–Crippen MR) is 54.7 cm³/mol. The zero-order valence-corrected chi connectivity index (χ0v) is 8.46. The first-order valence-corrected chi connectivity index (χ1v) is 4.67. The van der Waals surface area contributed by atoms with Crippen molar-refractivity contribution in [2.75, 3.05) is 11.9 Å². The van der Waals surface area contributed by atoms with Crippen LogP contribution in [0.4, 0.5) is 10.1 Å². The van der Waals surface area contributed by atoms with Gasteiger partial charge in [-0.05, 0) is 24.6 Å². The highest BCUT2D eigenvalue weighted by molar-refractivity contribution is 5.92. The Balaban J connectivity index is 2.78. The Bertz CT molecular complexity index is 325. The first-order valence-electron chi connectivity index (χ1n) is 4.67. The summed E-state index contributed by atoms with van der Waals surface area (Å²) in [6, 6.07) is 6.03. The van der Waals surface area contributed by atoms with Crippen LogP contribution < -0.4 is 4.90 Å². The molecule has 76 valence electrons. The zero-order chi connectivity index (χ0) is 10.6. The van der Waals surface area contributed by atoms with Gasteiger partial charge in [0.05, 0.1) is 0 Å². The van der Waals surface area contributed by atoms with Crippen LogP contribution in [0.15, 0.2) is 24.3 Å². The van der Waals surface area contributed by atoms with Crippen LogP contribution in [0.2, 0.25) is 0 Å². The molecule has 1 aromatic rings. The van der Waals surface area contributed by atoms with Gasteiger partial charge in [0.1, 0.15) is 5.82 Å². The first-order chi connectivity index (χ1) is 6.65. The van der Waals surface area contributed by atoms with Crippen molar-refractivity contribution >= 4 is 11.6 Å². The third kappa shape index (κ3) is 2.55. The van der Waals surface area contributed by atoms with Crippen molar-refractivity contribution in [2.45, 2.75) is 19.8 Å². The van der Waals surface area contributed by atoms with Crippen molar-refractivity contribution in [2.24, 2.45) is 0 Å². The van der Waals surface area contributed by atoms with E-state index in [2.05, 4.69) is 0 Å². The maximum Gasteiger partial charge on any atom is 0.226 e. The minimum atomic E-state index is -0.321. The zero-order valence-electron chi connectivity index (χ0n) is 8.46.